The summed E-state index contributed by atoms with van der Waals surface area (Å²) in [5.41, 5.74) is 2.47. The lowest BCUT2D eigenvalue weighted by Crippen LogP contribution is -2.26. The van der Waals surface area contributed by atoms with E-state index in [9.17, 15) is 0 Å². The SMILES string of the molecule is Clc1ccc(CCN(Cc2ccncc2)c2ccc(Br)cn2)cc1. The smallest absolute Gasteiger partial charge is 0.128 e. The minimum atomic E-state index is 0.766. The maximum atomic E-state index is 5.96. The van der Waals surface area contributed by atoms with Crippen molar-refractivity contribution >= 4 is 33.3 Å². The minimum absolute atomic E-state index is 0.766. The van der Waals surface area contributed by atoms with Crippen molar-refractivity contribution in [3.05, 3.63) is 87.7 Å². The molecule has 0 N–H and O–H groups in total. The molecule has 1 aromatic carbocycles. The molecule has 2 heterocycles. The molecule has 0 aliphatic heterocycles. The van der Waals surface area contributed by atoms with Gasteiger partial charge in [-0.15, -0.1) is 0 Å². The van der Waals surface area contributed by atoms with E-state index < -0.39 is 0 Å². The predicted molar refractivity (Wildman–Crippen MR) is 102 cm³/mol. The van der Waals surface area contributed by atoms with E-state index in [1.165, 1.54) is 11.1 Å². The van der Waals surface area contributed by atoms with Gasteiger partial charge in [0, 0.05) is 41.2 Å². The molecule has 0 saturated heterocycles. The van der Waals surface area contributed by atoms with Crippen molar-refractivity contribution in [3.63, 3.8) is 0 Å². The van der Waals surface area contributed by atoms with Crippen molar-refractivity contribution in [2.75, 3.05) is 11.4 Å². The zero-order valence-electron chi connectivity index (χ0n) is 13.1. The van der Waals surface area contributed by atoms with Gasteiger partial charge in [0.25, 0.3) is 0 Å². The lowest BCUT2D eigenvalue weighted by Gasteiger charge is -2.24. The first kappa shape index (κ1) is 16.9. The molecule has 122 valence electrons. The van der Waals surface area contributed by atoms with Crippen LogP contribution in [0.5, 0.6) is 0 Å². The maximum absolute atomic E-state index is 5.96. The standard InChI is InChI=1S/C19H17BrClN3/c20-17-3-6-19(23-13-17)24(14-16-7-10-22-11-8-16)12-9-15-1-4-18(21)5-2-15/h1-8,10-11,13H,9,12,14H2. The van der Waals surface area contributed by atoms with E-state index in [1.54, 1.807) is 0 Å². The molecule has 0 aliphatic rings. The molecule has 3 aromatic rings. The van der Waals surface area contributed by atoms with E-state index in [0.717, 1.165) is 34.8 Å². The van der Waals surface area contributed by atoms with Gasteiger partial charge in [0.1, 0.15) is 5.82 Å². The van der Waals surface area contributed by atoms with Gasteiger partial charge in [-0.25, -0.2) is 4.98 Å². The largest absolute Gasteiger partial charge is 0.352 e. The highest BCUT2D eigenvalue weighted by molar-refractivity contribution is 9.10. The van der Waals surface area contributed by atoms with Gasteiger partial charge in [-0.2, -0.15) is 0 Å². The third-order valence-corrected chi connectivity index (χ3v) is 4.46. The summed E-state index contributed by atoms with van der Waals surface area (Å²) in [7, 11) is 0. The number of hydrogen-bond donors (Lipinski definition) is 0. The maximum Gasteiger partial charge on any atom is 0.128 e. The van der Waals surface area contributed by atoms with Crippen LogP contribution in [0.2, 0.25) is 5.02 Å². The second-order valence-corrected chi connectivity index (χ2v) is 6.84. The third-order valence-electron chi connectivity index (χ3n) is 3.74. The van der Waals surface area contributed by atoms with Gasteiger partial charge < -0.3 is 4.90 Å². The van der Waals surface area contributed by atoms with Crippen LogP contribution in [0.15, 0.2) is 71.6 Å². The summed E-state index contributed by atoms with van der Waals surface area (Å²) < 4.78 is 0.979. The summed E-state index contributed by atoms with van der Waals surface area (Å²) >= 11 is 9.40. The van der Waals surface area contributed by atoms with Gasteiger partial charge in [0.15, 0.2) is 0 Å². The molecule has 5 heteroatoms. The van der Waals surface area contributed by atoms with Crippen LogP contribution in [0.1, 0.15) is 11.1 Å². The van der Waals surface area contributed by atoms with Crippen LogP contribution in [0, 0.1) is 0 Å². The first-order chi connectivity index (χ1) is 11.7. The number of rotatable bonds is 6. The molecule has 0 fully saturated rings. The van der Waals surface area contributed by atoms with E-state index in [-0.39, 0.29) is 0 Å². The van der Waals surface area contributed by atoms with Gasteiger partial charge in [0.2, 0.25) is 0 Å². The Labute approximate surface area is 155 Å². The van der Waals surface area contributed by atoms with Crippen molar-refractivity contribution in [2.24, 2.45) is 0 Å². The van der Waals surface area contributed by atoms with E-state index in [2.05, 4.69) is 42.9 Å². The minimum Gasteiger partial charge on any atom is -0.352 e. The summed E-state index contributed by atoms with van der Waals surface area (Å²) in [5, 5.41) is 0.766. The first-order valence-electron chi connectivity index (χ1n) is 7.70. The first-order valence-corrected chi connectivity index (χ1v) is 8.88. The molecule has 0 spiro atoms. The normalized spacial score (nSPS) is 10.6. The van der Waals surface area contributed by atoms with E-state index in [0.29, 0.717) is 0 Å². The average molecular weight is 403 g/mol. The van der Waals surface area contributed by atoms with Crippen LogP contribution in [0.3, 0.4) is 0 Å². The molecule has 3 rings (SSSR count). The Morgan fingerprint density at radius 3 is 2.33 bits per heavy atom. The van der Waals surface area contributed by atoms with Crippen LogP contribution in [0.25, 0.3) is 0 Å². The number of halogens is 2. The fourth-order valence-electron chi connectivity index (χ4n) is 2.45. The fourth-order valence-corrected chi connectivity index (χ4v) is 2.81. The Kier molecular flexibility index (Phi) is 5.83. The highest BCUT2D eigenvalue weighted by atomic mass is 79.9. The monoisotopic (exact) mass is 401 g/mol. The number of hydrogen-bond acceptors (Lipinski definition) is 3. The zero-order chi connectivity index (χ0) is 16.8. The van der Waals surface area contributed by atoms with Crippen molar-refractivity contribution in [3.8, 4) is 0 Å². The predicted octanol–water partition coefficient (Wildman–Crippen LogP) is 5.14. The summed E-state index contributed by atoms with van der Waals surface area (Å²) in [6, 6.07) is 16.1. The van der Waals surface area contributed by atoms with Gasteiger partial charge in [0.05, 0.1) is 0 Å². The molecule has 3 nitrogen and oxygen atoms in total. The molecule has 0 saturated carbocycles. The average Bonchev–Trinajstić information content (AvgIpc) is 2.62. The van der Waals surface area contributed by atoms with Crippen LogP contribution in [0.4, 0.5) is 5.82 Å². The van der Waals surface area contributed by atoms with Crippen LogP contribution >= 0.6 is 27.5 Å². The topological polar surface area (TPSA) is 29.0 Å². The lowest BCUT2D eigenvalue weighted by molar-refractivity contribution is 0.767. The van der Waals surface area contributed by atoms with Crippen LogP contribution in [-0.4, -0.2) is 16.5 Å². The summed E-state index contributed by atoms with van der Waals surface area (Å²) in [6.45, 7) is 1.67. The van der Waals surface area contributed by atoms with E-state index in [1.807, 2.05) is 55.0 Å². The van der Waals surface area contributed by atoms with Gasteiger partial charge >= 0.3 is 0 Å². The summed E-state index contributed by atoms with van der Waals surface area (Å²) in [4.78, 5) is 10.9. The molecular formula is C19H17BrClN3. The van der Waals surface area contributed by atoms with Crippen LogP contribution < -0.4 is 4.90 Å². The number of anilines is 1. The van der Waals surface area contributed by atoms with Gasteiger partial charge in [-0.05, 0) is 69.9 Å². The number of aromatic nitrogens is 2. The third kappa shape index (κ3) is 4.79. The Morgan fingerprint density at radius 2 is 1.67 bits per heavy atom. The Balaban J connectivity index is 1.76. The van der Waals surface area contributed by atoms with E-state index >= 15 is 0 Å². The molecule has 0 radical (unpaired) electrons. The Hall–Kier alpha value is -1.91. The highest BCUT2D eigenvalue weighted by Crippen LogP contribution is 2.18. The highest BCUT2D eigenvalue weighted by Gasteiger charge is 2.09. The molecule has 0 bridgehead atoms. The molecule has 0 atom stereocenters. The van der Waals surface area contributed by atoms with Crippen molar-refractivity contribution in [2.45, 2.75) is 13.0 Å². The lowest BCUT2D eigenvalue weighted by atomic mass is 10.1. The number of benzene rings is 1. The quantitative estimate of drug-likeness (QED) is 0.571. The van der Waals surface area contributed by atoms with Crippen molar-refractivity contribution in [1.29, 1.82) is 0 Å². The zero-order valence-corrected chi connectivity index (χ0v) is 15.4. The molecule has 0 unspecified atom stereocenters. The van der Waals surface area contributed by atoms with Gasteiger partial charge in [-0.3, -0.25) is 4.98 Å². The number of nitrogens with zero attached hydrogens (tertiary/aromatic N) is 3. The fraction of sp³-hybridized carbons (Fsp3) is 0.158. The number of pyridine rings is 2. The van der Waals surface area contributed by atoms with Gasteiger partial charge in [-0.1, -0.05) is 23.7 Å². The van der Waals surface area contributed by atoms with Crippen LogP contribution in [-0.2, 0) is 13.0 Å². The molecular weight excluding hydrogens is 386 g/mol. The summed E-state index contributed by atoms with van der Waals surface area (Å²) in [6.07, 6.45) is 6.40. The van der Waals surface area contributed by atoms with E-state index in [4.69, 9.17) is 11.6 Å². The second kappa shape index (κ2) is 8.27. The molecule has 0 aliphatic carbocycles. The summed E-state index contributed by atoms with van der Waals surface area (Å²) in [5.74, 6) is 0.962. The molecule has 2 aromatic heterocycles. The Morgan fingerprint density at radius 1 is 0.917 bits per heavy atom. The molecule has 24 heavy (non-hydrogen) atoms. The second-order valence-electron chi connectivity index (χ2n) is 5.49. The van der Waals surface area contributed by atoms with Crippen molar-refractivity contribution < 1.29 is 0 Å². The van der Waals surface area contributed by atoms with Crippen molar-refractivity contribution in [1.82, 2.24) is 9.97 Å². The molecule has 0 amide bonds. The Bertz CT molecular complexity index is 761.